The van der Waals surface area contributed by atoms with E-state index in [1.54, 1.807) is 17.5 Å². The molecule has 0 fully saturated rings. The Labute approximate surface area is 98.8 Å². The van der Waals surface area contributed by atoms with Crippen LogP contribution < -0.4 is 4.90 Å². The van der Waals surface area contributed by atoms with Crippen LogP contribution in [-0.2, 0) is 13.0 Å². The third-order valence-corrected chi connectivity index (χ3v) is 3.75. The minimum absolute atomic E-state index is 0.936. The highest BCUT2D eigenvalue weighted by atomic mass is 32.1. The average molecular weight is 230 g/mol. The maximum atomic E-state index is 4.54. The fourth-order valence-corrected chi connectivity index (χ4v) is 3.01. The summed E-state index contributed by atoms with van der Waals surface area (Å²) in [4.78, 5) is 12.6. The highest BCUT2D eigenvalue weighted by molar-refractivity contribution is 7.11. The Bertz CT molecular complexity index is 492. The van der Waals surface area contributed by atoms with Gasteiger partial charge in [-0.3, -0.25) is 0 Å². The van der Waals surface area contributed by atoms with Crippen LogP contribution in [0.25, 0.3) is 0 Å². The molecule has 0 bridgehead atoms. The van der Waals surface area contributed by atoms with Crippen LogP contribution in [0.15, 0.2) is 18.3 Å². The van der Waals surface area contributed by atoms with E-state index in [-0.39, 0.29) is 0 Å². The molecule has 1 aliphatic heterocycles. The van der Waals surface area contributed by atoms with E-state index < -0.39 is 0 Å². The highest BCUT2D eigenvalue weighted by Gasteiger charge is 2.20. The van der Waals surface area contributed by atoms with Gasteiger partial charge in [0.15, 0.2) is 0 Å². The molecular formula is C12H12N3S. The molecule has 0 unspecified atom stereocenters. The van der Waals surface area contributed by atoms with Gasteiger partial charge < -0.3 is 4.90 Å². The summed E-state index contributed by atoms with van der Waals surface area (Å²) in [5.74, 6) is 1.01. The molecule has 0 aliphatic carbocycles. The molecule has 0 aromatic carbocycles. The molecule has 0 amide bonds. The number of pyridine rings is 1. The van der Waals surface area contributed by atoms with E-state index in [0.717, 1.165) is 25.3 Å². The van der Waals surface area contributed by atoms with Crippen molar-refractivity contribution in [1.29, 1.82) is 0 Å². The first-order valence-corrected chi connectivity index (χ1v) is 6.17. The SMILES string of the molecule is Cc1nc2c(s1)CN(c1c[c]ccn1)CC2. The zero-order valence-corrected chi connectivity index (χ0v) is 9.92. The fourth-order valence-electron chi connectivity index (χ4n) is 2.01. The summed E-state index contributed by atoms with van der Waals surface area (Å²) in [5, 5.41) is 1.17. The Morgan fingerprint density at radius 1 is 1.50 bits per heavy atom. The lowest BCUT2D eigenvalue weighted by Crippen LogP contribution is -2.30. The summed E-state index contributed by atoms with van der Waals surface area (Å²) in [6.07, 6.45) is 2.82. The van der Waals surface area contributed by atoms with Gasteiger partial charge in [0, 0.05) is 24.0 Å². The molecule has 0 spiro atoms. The lowest BCUT2D eigenvalue weighted by Gasteiger charge is -2.26. The van der Waals surface area contributed by atoms with Gasteiger partial charge in [0.05, 0.1) is 17.2 Å². The number of aromatic nitrogens is 2. The summed E-state index contributed by atoms with van der Waals surface area (Å²) in [6, 6.07) is 6.84. The molecule has 0 atom stereocenters. The van der Waals surface area contributed by atoms with E-state index in [2.05, 4.69) is 27.9 Å². The minimum Gasteiger partial charge on any atom is -0.351 e. The lowest BCUT2D eigenvalue weighted by atomic mass is 10.2. The van der Waals surface area contributed by atoms with E-state index in [0.29, 0.717) is 0 Å². The number of hydrogen-bond acceptors (Lipinski definition) is 4. The second-order valence-corrected chi connectivity index (χ2v) is 5.18. The number of rotatable bonds is 1. The number of anilines is 1. The standard InChI is InChI=1S/C12H12N3S/c1-9-14-10-5-7-15(8-11(10)16-9)12-4-2-3-6-13-12/h3-4,6H,5,7-8H2,1H3. The van der Waals surface area contributed by atoms with Crippen molar-refractivity contribution in [2.24, 2.45) is 0 Å². The van der Waals surface area contributed by atoms with Gasteiger partial charge in [-0.15, -0.1) is 11.3 Å². The Kier molecular flexibility index (Phi) is 2.36. The van der Waals surface area contributed by atoms with E-state index >= 15 is 0 Å². The zero-order chi connectivity index (χ0) is 11.0. The van der Waals surface area contributed by atoms with E-state index in [1.807, 2.05) is 12.1 Å². The van der Waals surface area contributed by atoms with Crippen LogP contribution >= 0.6 is 11.3 Å². The van der Waals surface area contributed by atoms with Crippen molar-refractivity contribution in [2.45, 2.75) is 19.9 Å². The molecule has 16 heavy (non-hydrogen) atoms. The van der Waals surface area contributed by atoms with E-state index in [9.17, 15) is 0 Å². The molecular weight excluding hydrogens is 218 g/mol. The Morgan fingerprint density at radius 3 is 3.25 bits per heavy atom. The smallest absolute Gasteiger partial charge is 0.129 e. The van der Waals surface area contributed by atoms with Gasteiger partial charge in [-0.2, -0.15) is 0 Å². The number of fused-ring (bicyclic) bond motifs is 1. The molecule has 1 radical (unpaired) electrons. The van der Waals surface area contributed by atoms with Gasteiger partial charge in [-0.25, -0.2) is 9.97 Å². The van der Waals surface area contributed by atoms with Crippen molar-refractivity contribution in [1.82, 2.24) is 9.97 Å². The molecule has 1 aliphatic rings. The van der Waals surface area contributed by atoms with E-state index in [1.165, 1.54) is 15.6 Å². The Hall–Kier alpha value is -1.42. The molecule has 2 aromatic rings. The monoisotopic (exact) mass is 230 g/mol. The highest BCUT2D eigenvalue weighted by Crippen LogP contribution is 2.26. The van der Waals surface area contributed by atoms with Gasteiger partial charge in [-0.1, -0.05) is 0 Å². The van der Waals surface area contributed by atoms with Crippen molar-refractivity contribution in [3.8, 4) is 0 Å². The molecule has 3 heterocycles. The Morgan fingerprint density at radius 2 is 2.44 bits per heavy atom. The molecule has 0 saturated carbocycles. The quantitative estimate of drug-likeness (QED) is 0.752. The molecule has 0 saturated heterocycles. The van der Waals surface area contributed by atoms with Crippen molar-refractivity contribution in [3.05, 3.63) is 40.0 Å². The summed E-state index contributed by atoms with van der Waals surface area (Å²) >= 11 is 1.80. The minimum atomic E-state index is 0.936. The first-order chi connectivity index (χ1) is 7.83. The topological polar surface area (TPSA) is 29.0 Å². The molecule has 3 rings (SSSR count). The fraction of sp³-hybridized carbons (Fsp3) is 0.333. The maximum absolute atomic E-state index is 4.54. The summed E-state index contributed by atoms with van der Waals surface area (Å²) in [5.41, 5.74) is 1.28. The summed E-state index contributed by atoms with van der Waals surface area (Å²) in [6.45, 7) is 4.01. The van der Waals surface area contributed by atoms with Crippen LogP contribution in [0.3, 0.4) is 0 Å². The first kappa shape index (κ1) is 9.78. The van der Waals surface area contributed by atoms with Crippen LogP contribution in [0.1, 0.15) is 15.6 Å². The predicted octanol–water partition coefficient (Wildman–Crippen LogP) is 2.21. The number of hydrogen-bond donors (Lipinski definition) is 0. The average Bonchev–Trinajstić information content (AvgIpc) is 2.69. The van der Waals surface area contributed by atoms with Crippen molar-refractivity contribution in [3.63, 3.8) is 0 Å². The number of aryl methyl sites for hydroxylation is 1. The maximum Gasteiger partial charge on any atom is 0.129 e. The first-order valence-electron chi connectivity index (χ1n) is 5.35. The molecule has 81 valence electrons. The van der Waals surface area contributed by atoms with Crippen LogP contribution in [0.2, 0.25) is 0 Å². The number of thiazole rings is 1. The van der Waals surface area contributed by atoms with Gasteiger partial charge in [0.1, 0.15) is 5.82 Å². The normalized spacial score (nSPS) is 14.9. The second kappa shape index (κ2) is 3.87. The van der Waals surface area contributed by atoms with Gasteiger partial charge in [0.25, 0.3) is 0 Å². The molecule has 4 heteroatoms. The zero-order valence-electron chi connectivity index (χ0n) is 9.10. The van der Waals surface area contributed by atoms with Crippen molar-refractivity contribution >= 4 is 17.2 Å². The van der Waals surface area contributed by atoms with Crippen LogP contribution in [-0.4, -0.2) is 16.5 Å². The summed E-state index contributed by atoms with van der Waals surface area (Å²) in [7, 11) is 0. The molecule has 2 aromatic heterocycles. The second-order valence-electron chi connectivity index (χ2n) is 3.89. The van der Waals surface area contributed by atoms with Gasteiger partial charge >= 0.3 is 0 Å². The van der Waals surface area contributed by atoms with E-state index in [4.69, 9.17) is 0 Å². The van der Waals surface area contributed by atoms with Crippen molar-refractivity contribution < 1.29 is 0 Å². The largest absolute Gasteiger partial charge is 0.351 e. The van der Waals surface area contributed by atoms with Crippen molar-refractivity contribution in [2.75, 3.05) is 11.4 Å². The lowest BCUT2D eigenvalue weighted by molar-refractivity contribution is 0.718. The van der Waals surface area contributed by atoms with Gasteiger partial charge in [-0.05, 0) is 25.1 Å². The third kappa shape index (κ3) is 1.69. The van der Waals surface area contributed by atoms with Gasteiger partial charge in [0.2, 0.25) is 0 Å². The van der Waals surface area contributed by atoms with Crippen LogP contribution in [0.5, 0.6) is 0 Å². The number of nitrogens with zero attached hydrogens (tertiary/aromatic N) is 3. The molecule has 3 nitrogen and oxygen atoms in total. The predicted molar refractivity (Wildman–Crippen MR) is 64.7 cm³/mol. The van der Waals surface area contributed by atoms with Crippen LogP contribution in [0.4, 0.5) is 5.82 Å². The van der Waals surface area contributed by atoms with Crippen LogP contribution in [0, 0.1) is 13.0 Å². The molecule has 0 N–H and O–H groups in total. The Balaban J connectivity index is 1.88. The third-order valence-electron chi connectivity index (χ3n) is 2.75. The summed E-state index contributed by atoms with van der Waals surface area (Å²) < 4.78 is 0.